The van der Waals surface area contributed by atoms with Crippen LogP contribution in [0.1, 0.15) is 31.2 Å². The fourth-order valence-corrected chi connectivity index (χ4v) is 3.54. The fourth-order valence-electron chi connectivity index (χ4n) is 3.54. The van der Waals surface area contributed by atoms with E-state index in [9.17, 15) is 4.79 Å². The summed E-state index contributed by atoms with van der Waals surface area (Å²) in [5.41, 5.74) is 8.53. The van der Waals surface area contributed by atoms with Crippen molar-refractivity contribution >= 4 is 11.7 Å². The van der Waals surface area contributed by atoms with Gasteiger partial charge >= 0.3 is 6.03 Å². The molecule has 0 atom stereocenters. The van der Waals surface area contributed by atoms with Crippen LogP contribution < -0.4 is 10.6 Å². The van der Waals surface area contributed by atoms with E-state index in [1.54, 1.807) is 4.90 Å². The quantitative estimate of drug-likeness (QED) is 0.919. The molecule has 0 bridgehead atoms. The summed E-state index contributed by atoms with van der Waals surface area (Å²) in [5, 5.41) is 0. The third kappa shape index (κ3) is 2.08. The van der Waals surface area contributed by atoms with E-state index >= 15 is 0 Å². The number of likely N-dealkylation sites (N-methyl/N-ethyl adjacent to an activating group) is 1. The molecule has 4 nitrogen and oxygen atoms in total. The maximum absolute atomic E-state index is 12.0. The molecule has 0 unspecified atom stereocenters. The van der Waals surface area contributed by atoms with Gasteiger partial charge in [-0.25, -0.2) is 4.79 Å². The van der Waals surface area contributed by atoms with Crippen LogP contribution in [0.2, 0.25) is 0 Å². The van der Waals surface area contributed by atoms with Crippen LogP contribution in [-0.4, -0.2) is 37.6 Å². The summed E-state index contributed by atoms with van der Waals surface area (Å²) in [6.45, 7) is 2.29. The zero-order chi connectivity index (χ0) is 14.2. The summed E-state index contributed by atoms with van der Waals surface area (Å²) >= 11 is 0. The van der Waals surface area contributed by atoms with Crippen molar-refractivity contribution in [1.29, 1.82) is 0 Å². The molecular weight excluding hydrogens is 250 g/mol. The summed E-state index contributed by atoms with van der Waals surface area (Å²) in [7, 11) is 1.85. The van der Waals surface area contributed by atoms with E-state index in [2.05, 4.69) is 24.3 Å². The lowest BCUT2D eigenvalue weighted by molar-refractivity contribution is 0.229. The molecule has 0 aromatic heterocycles. The van der Waals surface area contributed by atoms with Crippen molar-refractivity contribution in [2.45, 2.75) is 31.1 Å². The highest BCUT2D eigenvalue weighted by molar-refractivity contribution is 5.93. The van der Waals surface area contributed by atoms with Crippen molar-refractivity contribution in [3.8, 4) is 0 Å². The molecule has 108 valence electrons. The number of hydrogen-bond donors (Lipinski definition) is 1. The van der Waals surface area contributed by atoms with Crippen molar-refractivity contribution < 1.29 is 4.79 Å². The Morgan fingerprint density at radius 2 is 1.80 bits per heavy atom. The number of nitrogens with two attached hydrogens (primary N) is 1. The zero-order valence-electron chi connectivity index (χ0n) is 12.1. The molecule has 1 heterocycles. The van der Waals surface area contributed by atoms with Crippen LogP contribution in [0.25, 0.3) is 0 Å². The van der Waals surface area contributed by atoms with E-state index in [0.29, 0.717) is 0 Å². The number of amides is 2. The normalized spacial score (nSPS) is 21.8. The summed E-state index contributed by atoms with van der Waals surface area (Å²) in [5.74, 6) is 0. The average Bonchev–Trinajstić information content (AvgIpc) is 3.09. The van der Waals surface area contributed by atoms with Crippen molar-refractivity contribution in [1.82, 2.24) is 4.90 Å². The summed E-state index contributed by atoms with van der Waals surface area (Å²) in [4.78, 5) is 15.6. The molecule has 1 aliphatic heterocycles. The Morgan fingerprint density at radius 1 is 1.15 bits per heavy atom. The molecule has 0 radical (unpaired) electrons. The minimum absolute atomic E-state index is 0.0900. The first kappa shape index (κ1) is 13.4. The molecule has 1 aromatic carbocycles. The van der Waals surface area contributed by atoms with Gasteiger partial charge in [-0.05, 0) is 30.5 Å². The highest BCUT2D eigenvalue weighted by atomic mass is 16.2. The second-order valence-corrected chi connectivity index (χ2v) is 6.09. The maximum atomic E-state index is 12.0. The second kappa shape index (κ2) is 5.09. The third-order valence-electron chi connectivity index (χ3n) is 4.96. The minimum Gasteiger partial charge on any atom is -0.330 e. The Labute approximate surface area is 120 Å². The third-order valence-corrected chi connectivity index (χ3v) is 4.96. The van der Waals surface area contributed by atoms with Crippen LogP contribution >= 0.6 is 0 Å². The lowest BCUT2D eigenvalue weighted by Gasteiger charge is -2.28. The van der Waals surface area contributed by atoms with Crippen LogP contribution in [0, 0.1) is 0 Å². The van der Waals surface area contributed by atoms with Gasteiger partial charge in [-0.2, -0.15) is 0 Å². The molecule has 3 rings (SSSR count). The number of carbonyl (C=O) groups excluding carboxylic acids is 1. The average molecular weight is 273 g/mol. The molecular formula is C16H23N3O. The standard InChI is InChI=1S/C16H23N3O/c1-18-10-11-19(15(18)20)14-6-4-13(5-7-14)16(12-17)8-2-3-9-16/h4-7H,2-3,8-12,17H2,1H3. The highest BCUT2D eigenvalue weighted by Gasteiger charge is 2.34. The van der Waals surface area contributed by atoms with Gasteiger partial charge < -0.3 is 10.6 Å². The van der Waals surface area contributed by atoms with E-state index in [4.69, 9.17) is 5.73 Å². The molecule has 4 heteroatoms. The zero-order valence-corrected chi connectivity index (χ0v) is 12.1. The number of urea groups is 1. The molecule has 0 spiro atoms. The Kier molecular flexibility index (Phi) is 3.42. The molecule has 1 saturated carbocycles. The van der Waals surface area contributed by atoms with Crippen molar-refractivity contribution in [3.63, 3.8) is 0 Å². The van der Waals surface area contributed by atoms with Gasteiger partial charge in [0.15, 0.2) is 0 Å². The van der Waals surface area contributed by atoms with Crippen LogP contribution in [0.5, 0.6) is 0 Å². The van der Waals surface area contributed by atoms with Gasteiger partial charge in [0.05, 0.1) is 0 Å². The van der Waals surface area contributed by atoms with Gasteiger partial charge in [0.25, 0.3) is 0 Å². The van der Waals surface area contributed by atoms with Crippen LogP contribution in [0.4, 0.5) is 10.5 Å². The van der Waals surface area contributed by atoms with Gasteiger partial charge in [-0.1, -0.05) is 25.0 Å². The van der Waals surface area contributed by atoms with Gasteiger partial charge in [-0.15, -0.1) is 0 Å². The molecule has 2 N–H and O–H groups in total. The van der Waals surface area contributed by atoms with Crippen molar-refractivity contribution in [3.05, 3.63) is 29.8 Å². The Morgan fingerprint density at radius 3 is 2.30 bits per heavy atom. The topological polar surface area (TPSA) is 49.6 Å². The number of anilines is 1. The van der Waals surface area contributed by atoms with E-state index in [1.165, 1.54) is 31.2 Å². The highest BCUT2D eigenvalue weighted by Crippen LogP contribution is 2.40. The minimum atomic E-state index is 0.0900. The summed E-state index contributed by atoms with van der Waals surface area (Å²) in [6.07, 6.45) is 4.92. The number of carbonyl (C=O) groups is 1. The molecule has 1 aliphatic carbocycles. The van der Waals surface area contributed by atoms with Gasteiger partial charge in [-0.3, -0.25) is 4.90 Å². The largest absolute Gasteiger partial charge is 0.330 e. The fraction of sp³-hybridized carbons (Fsp3) is 0.562. The number of hydrogen-bond acceptors (Lipinski definition) is 2. The van der Waals surface area contributed by atoms with E-state index in [-0.39, 0.29) is 11.4 Å². The van der Waals surface area contributed by atoms with Crippen LogP contribution in [0.15, 0.2) is 24.3 Å². The molecule has 2 aliphatic rings. The predicted molar refractivity (Wildman–Crippen MR) is 81.0 cm³/mol. The molecule has 2 amide bonds. The van der Waals surface area contributed by atoms with Crippen LogP contribution in [-0.2, 0) is 5.41 Å². The summed E-state index contributed by atoms with van der Waals surface area (Å²) in [6, 6.07) is 8.56. The number of nitrogens with zero attached hydrogens (tertiary/aromatic N) is 2. The van der Waals surface area contributed by atoms with Gasteiger partial charge in [0, 0.05) is 37.8 Å². The second-order valence-electron chi connectivity index (χ2n) is 6.09. The van der Waals surface area contributed by atoms with E-state index in [0.717, 1.165) is 25.3 Å². The van der Waals surface area contributed by atoms with Gasteiger partial charge in [0.2, 0.25) is 0 Å². The maximum Gasteiger partial charge on any atom is 0.324 e. The monoisotopic (exact) mass is 273 g/mol. The van der Waals surface area contributed by atoms with Gasteiger partial charge in [0.1, 0.15) is 0 Å². The van der Waals surface area contributed by atoms with Crippen molar-refractivity contribution in [2.24, 2.45) is 5.73 Å². The smallest absolute Gasteiger partial charge is 0.324 e. The van der Waals surface area contributed by atoms with Crippen molar-refractivity contribution in [2.75, 3.05) is 31.6 Å². The summed E-state index contributed by atoms with van der Waals surface area (Å²) < 4.78 is 0. The molecule has 20 heavy (non-hydrogen) atoms. The lowest BCUT2D eigenvalue weighted by Crippen LogP contribution is -2.32. The number of benzene rings is 1. The predicted octanol–water partition coefficient (Wildman–Crippen LogP) is 2.33. The Bertz CT molecular complexity index is 491. The van der Waals surface area contributed by atoms with Crippen LogP contribution in [0.3, 0.4) is 0 Å². The first-order valence-electron chi connectivity index (χ1n) is 7.49. The lowest BCUT2D eigenvalue weighted by atomic mass is 9.79. The van der Waals surface area contributed by atoms with E-state index in [1.807, 2.05) is 11.9 Å². The molecule has 1 saturated heterocycles. The number of rotatable bonds is 3. The Balaban J connectivity index is 1.83. The SMILES string of the molecule is CN1CCN(c2ccc(C3(CN)CCCC3)cc2)C1=O. The first-order chi connectivity index (χ1) is 9.66. The Hall–Kier alpha value is -1.55. The first-order valence-corrected chi connectivity index (χ1v) is 7.49. The van der Waals surface area contributed by atoms with E-state index < -0.39 is 0 Å². The molecule has 2 fully saturated rings. The molecule has 1 aromatic rings.